The first-order chi connectivity index (χ1) is 12.7. The molecule has 2 atom stereocenters. The third-order valence-corrected chi connectivity index (χ3v) is 4.81. The predicted molar refractivity (Wildman–Crippen MR) is 107 cm³/mol. The first-order valence-electron chi connectivity index (χ1n) is 8.73. The minimum absolute atomic E-state index is 0.716. The molecule has 0 saturated heterocycles. The highest BCUT2D eigenvalue weighted by atomic mass is 16.3. The highest BCUT2D eigenvalue weighted by Gasteiger charge is 2.23. The molecule has 0 aromatic heterocycles. The maximum atomic E-state index is 10.8. The van der Waals surface area contributed by atoms with E-state index < -0.39 is 12.2 Å². The molecule has 0 bridgehead atoms. The molecular weight excluding hydrogens is 320 g/mol. The molecule has 2 nitrogen and oxygen atoms in total. The van der Waals surface area contributed by atoms with Crippen molar-refractivity contribution in [3.63, 3.8) is 0 Å². The first kappa shape index (κ1) is 16.5. The second-order valence-corrected chi connectivity index (χ2v) is 6.44. The largest absolute Gasteiger partial charge is 0.385 e. The van der Waals surface area contributed by atoms with Crippen LogP contribution in [-0.4, -0.2) is 10.2 Å². The van der Waals surface area contributed by atoms with Gasteiger partial charge < -0.3 is 10.2 Å². The highest BCUT2D eigenvalue weighted by molar-refractivity contribution is 5.80. The molecule has 0 amide bonds. The SMILES string of the molecule is OC1c2ccccc2/C=C\c2ccccc2/C=C\c2ccccc2C1O. The van der Waals surface area contributed by atoms with Crippen LogP contribution in [0.3, 0.4) is 0 Å². The molecular formula is C24H20O2. The standard InChI is InChI=1S/C24H20O2/c25-23-21-11-5-3-9-19(21)15-13-17-7-1-2-8-18(17)14-16-20-10-4-6-12-22(20)24(23)26/h1-16,23-26H/b15-13-,16-14-. The highest BCUT2D eigenvalue weighted by Crippen LogP contribution is 2.34. The maximum Gasteiger partial charge on any atom is 0.110 e. The minimum Gasteiger partial charge on any atom is -0.385 e. The second-order valence-electron chi connectivity index (χ2n) is 6.44. The quantitative estimate of drug-likeness (QED) is 0.597. The van der Waals surface area contributed by atoms with Gasteiger partial charge in [0.1, 0.15) is 12.2 Å². The summed E-state index contributed by atoms with van der Waals surface area (Å²) in [5, 5.41) is 21.7. The van der Waals surface area contributed by atoms with E-state index in [9.17, 15) is 10.2 Å². The first-order valence-corrected chi connectivity index (χ1v) is 8.73. The lowest BCUT2D eigenvalue weighted by atomic mass is 9.90. The van der Waals surface area contributed by atoms with Gasteiger partial charge in [-0.25, -0.2) is 0 Å². The maximum absolute atomic E-state index is 10.8. The van der Waals surface area contributed by atoms with Crippen molar-refractivity contribution in [3.8, 4) is 0 Å². The third kappa shape index (κ3) is 3.13. The molecule has 2 heteroatoms. The number of hydrogen-bond donors (Lipinski definition) is 2. The molecule has 2 N–H and O–H groups in total. The summed E-state index contributed by atoms with van der Waals surface area (Å²) in [6.07, 6.45) is 6.08. The summed E-state index contributed by atoms with van der Waals surface area (Å²) in [5.74, 6) is 0. The van der Waals surface area contributed by atoms with E-state index >= 15 is 0 Å². The van der Waals surface area contributed by atoms with Crippen molar-refractivity contribution in [2.75, 3.05) is 0 Å². The zero-order valence-corrected chi connectivity index (χ0v) is 14.3. The number of aliphatic hydroxyl groups excluding tert-OH is 2. The second kappa shape index (κ2) is 7.12. The molecule has 0 heterocycles. The van der Waals surface area contributed by atoms with Crippen LogP contribution in [0.2, 0.25) is 0 Å². The summed E-state index contributed by atoms with van der Waals surface area (Å²) in [7, 11) is 0. The van der Waals surface area contributed by atoms with E-state index in [1.54, 1.807) is 0 Å². The van der Waals surface area contributed by atoms with Gasteiger partial charge in [-0.15, -0.1) is 0 Å². The Kier molecular flexibility index (Phi) is 4.53. The molecule has 2 unspecified atom stereocenters. The van der Waals surface area contributed by atoms with Gasteiger partial charge in [0.25, 0.3) is 0 Å². The molecule has 1 aliphatic rings. The Morgan fingerprint density at radius 3 is 1.15 bits per heavy atom. The van der Waals surface area contributed by atoms with Crippen LogP contribution >= 0.6 is 0 Å². The number of hydrogen-bond acceptors (Lipinski definition) is 2. The fourth-order valence-electron chi connectivity index (χ4n) is 3.38. The van der Waals surface area contributed by atoms with Crippen LogP contribution < -0.4 is 0 Å². The molecule has 0 saturated carbocycles. The predicted octanol–water partition coefficient (Wildman–Crippen LogP) is 5.11. The van der Waals surface area contributed by atoms with Gasteiger partial charge in [-0.1, -0.05) is 97.1 Å². The Balaban J connectivity index is 1.96. The average molecular weight is 340 g/mol. The molecule has 0 radical (unpaired) electrons. The molecule has 0 aliphatic heterocycles. The molecule has 3 aromatic carbocycles. The number of aliphatic hydroxyl groups is 2. The minimum atomic E-state index is -1.000. The molecule has 3 aromatic rings. The van der Waals surface area contributed by atoms with Crippen LogP contribution in [0.4, 0.5) is 0 Å². The van der Waals surface area contributed by atoms with Gasteiger partial charge in [0.05, 0.1) is 0 Å². The van der Waals surface area contributed by atoms with Crippen LogP contribution in [-0.2, 0) is 0 Å². The number of rotatable bonds is 0. The third-order valence-electron chi connectivity index (χ3n) is 4.81. The Bertz CT molecular complexity index is 904. The van der Waals surface area contributed by atoms with Gasteiger partial charge in [-0.05, 0) is 33.4 Å². The van der Waals surface area contributed by atoms with E-state index in [1.807, 2.05) is 85.0 Å². The summed E-state index contributed by atoms with van der Waals surface area (Å²) in [5.41, 5.74) is 5.44. The summed E-state index contributed by atoms with van der Waals surface area (Å²) in [6.45, 7) is 0. The monoisotopic (exact) mass is 340 g/mol. The normalized spacial score (nSPS) is 21.3. The summed E-state index contributed by atoms with van der Waals surface area (Å²) < 4.78 is 0. The molecule has 4 rings (SSSR count). The van der Waals surface area contributed by atoms with Crippen molar-refractivity contribution < 1.29 is 10.2 Å². The van der Waals surface area contributed by atoms with Gasteiger partial charge >= 0.3 is 0 Å². The summed E-state index contributed by atoms with van der Waals surface area (Å²) >= 11 is 0. The number of benzene rings is 3. The van der Waals surface area contributed by atoms with E-state index in [0.29, 0.717) is 11.1 Å². The van der Waals surface area contributed by atoms with Crippen molar-refractivity contribution in [1.82, 2.24) is 0 Å². The Hall–Kier alpha value is -2.94. The van der Waals surface area contributed by atoms with Gasteiger partial charge in [-0.2, -0.15) is 0 Å². The van der Waals surface area contributed by atoms with Crippen LogP contribution in [0.25, 0.3) is 24.3 Å². The van der Waals surface area contributed by atoms with Gasteiger partial charge in [0.15, 0.2) is 0 Å². The fourth-order valence-corrected chi connectivity index (χ4v) is 3.38. The van der Waals surface area contributed by atoms with Crippen molar-refractivity contribution in [2.24, 2.45) is 0 Å². The summed E-state index contributed by atoms with van der Waals surface area (Å²) in [4.78, 5) is 0. The molecule has 128 valence electrons. The smallest absolute Gasteiger partial charge is 0.110 e. The zero-order valence-electron chi connectivity index (χ0n) is 14.3. The van der Waals surface area contributed by atoms with Crippen molar-refractivity contribution in [3.05, 3.63) is 106 Å². The van der Waals surface area contributed by atoms with Crippen molar-refractivity contribution in [2.45, 2.75) is 12.2 Å². The van der Waals surface area contributed by atoms with E-state index in [2.05, 4.69) is 12.1 Å². The van der Waals surface area contributed by atoms with E-state index in [1.165, 1.54) is 0 Å². The molecule has 26 heavy (non-hydrogen) atoms. The van der Waals surface area contributed by atoms with E-state index in [-0.39, 0.29) is 0 Å². The summed E-state index contributed by atoms with van der Waals surface area (Å²) in [6, 6.07) is 23.5. The molecule has 1 aliphatic carbocycles. The van der Waals surface area contributed by atoms with E-state index in [4.69, 9.17) is 0 Å². The van der Waals surface area contributed by atoms with Gasteiger partial charge in [0.2, 0.25) is 0 Å². The lowest BCUT2D eigenvalue weighted by molar-refractivity contribution is 0.0170. The Labute approximate surface area is 153 Å². The van der Waals surface area contributed by atoms with Crippen LogP contribution in [0.5, 0.6) is 0 Å². The van der Waals surface area contributed by atoms with Crippen LogP contribution in [0.1, 0.15) is 45.6 Å². The van der Waals surface area contributed by atoms with Crippen molar-refractivity contribution >= 4 is 24.3 Å². The fraction of sp³-hybridized carbons (Fsp3) is 0.0833. The Morgan fingerprint density at radius 1 is 0.423 bits per heavy atom. The lowest BCUT2D eigenvalue weighted by Gasteiger charge is -2.22. The van der Waals surface area contributed by atoms with E-state index in [0.717, 1.165) is 22.3 Å². The van der Waals surface area contributed by atoms with Gasteiger partial charge in [-0.3, -0.25) is 0 Å². The zero-order chi connectivity index (χ0) is 17.9. The van der Waals surface area contributed by atoms with Crippen LogP contribution in [0, 0.1) is 0 Å². The molecule has 0 spiro atoms. The average Bonchev–Trinajstić information content (AvgIpc) is 2.70. The number of fused-ring (bicyclic) bond motifs is 3. The van der Waals surface area contributed by atoms with Crippen molar-refractivity contribution in [1.29, 1.82) is 0 Å². The van der Waals surface area contributed by atoms with Crippen LogP contribution in [0.15, 0.2) is 72.8 Å². The topological polar surface area (TPSA) is 40.5 Å². The molecule has 0 fully saturated rings. The lowest BCUT2D eigenvalue weighted by Crippen LogP contribution is -2.12. The van der Waals surface area contributed by atoms with Gasteiger partial charge in [0, 0.05) is 0 Å². The Morgan fingerprint density at radius 2 is 0.731 bits per heavy atom.